The number of nitrogens with zero attached hydrogens (tertiary/aromatic N) is 2. The number of hydrogen-bond acceptors (Lipinski definition) is 1. The van der Waals surface area contributed by atoms with Gasteiger partial charge in [-0.15, -0.1) is 0 Å². The van der Waals surface area contributed by atoms with Crippen molar-refractivity contribution in [2.75, 3.05) is 0 Å². The van der Waals surface area contributed by atoms with Gasteiger partial charge in [-0.2, -0.15) is 0 Å². The Labute approximate surface area is 159 Å². The molecule has 128 valence electrons. The first-order valence-electron chi connectivity index (χ1n) is 7.89. The number of halogens is 2. The molecule has 0 aliphatic heterocycles. The van der Waals surface area contributed by atoms with Gasteiger partial charge in [0.2, 0.25) is 5.29 Å². The molecule has 0 saturated carbocycles. The number of hydrogen-bond donors (Lipinski definition) is 0. The third-order valence-corrected chi connectivity index (χ3v) is 4.04. The minimum atomic E-state index is 0.0636. The topological polar surface area (TPSA) is 24.7 Å². The second kappa shape index (κ2) is 8.80. The molecule has 0 saturated heterocycles. The highest BCUT2D eigenvalue weighted by molar-refractivity contribution is 6.66. The van der Waals surface area contributed by atoms with Crippen LogP contribution in [-0.4, -0.2) is 11.0 Å². The summed E-state index contributed by atoms with van der Waals surface area (Å²) in [6, 6.07) is 16.7. The molecule has 2 aromatic rings. The molecule has 0 bridgehead atoms. The number of aryl methyl sites for hydroxylation is 1. The number of rotatable bonds is 4. The SMILES string of the molecule is C=C(Cl)\N=C(Cl)/N=C(C)/C(=C/C)c1cc(-c2ccccc2)ccc1C. The van der Waals surface area contributed by atoms with Crippen LogP contribution in [0.2, 0.25) is 0 Å². The van der Waals surface area contributed by atoms with E-state index in [1.807, 2.05) is 38.1 Å². The summed E-state index contributed by atoms with van der Waals surface area (Å²) >= 11 is 11.7. The number of allylic oxidation sites excluding steroid dienone is 2. The van der Waals surface area contributed by atoms with E-state index in [1.54, 1.807) is 0 Å². The van der Waals surface area contributed by atoms with Crippen molar-refractivity contribution in [1.29, 1.82) is 0 Å². The molecule has 0 aromatic heterocycles. The van der Waals surface area contributed by atoms with Gasteiger partial charge in [-0.25, -0.2) is 9.98 Å². The molecule has 0 amide bonds. The summed E-state index contributed by atoms with van der Waals surface area (Å²) < 4.78 is 0. The van der Waals surface area contributed by atoms with Crippen LogP contribution in [0.1, 0.15) is 25.0 Å². The lowest BCUT2D eigenvalue weighted by Gasteiger charge is -2.13. The Kier molecular flexibility index (Phi) is 6.74. The predicted molar refractivity (Wildman–Crippen MR) is 112 cm³/mol. The second-order valence-electron chi connectivity index (χ2n) is 5.55. The average Bonchev–Trinajstić information content (AvgIpc) is 2.57. The molecule has 0 fully saturated rings. The van der Waals surface area contributed by atoms with Crippen LogP contribution in [-0.2, 0) is 0 Å². The number of aliphatic imine (C=N–C) groups is 2. The van der Waals surface area contributed by atoms with Crippen molar-refractivity contribution >= 4 is 39.8 Å². The van der Waals surface area contributed by atoms with E-state index in [0.29, 0.717) is 0 Å². The van der Waals surface area contributed by atoms with Crippen molar-refractivity contribution < 1.29 is 0 Å². The molecule has 0 aliphatic rings. The summed E-state index contributed by atoms with van der Waals surface area (Å²) in [7, 11) is 0. The van der Waals surface area contributed by atoms with Gasteiger partial charge in [0, 0.05) is 5.71 Å². The lowest BCUT2D eigenvalue weighted by atomic mass is 9.93. The normalized spacial score (nSPS) is 13.1. The van der Waals surface area contributed by atoms with Crippen LogP contribution in [0.3, 0.4) is 0 Å². The summed E-state index contributed by atoms with van der Waals surface area (Å²) in [5, 5.41) is 0.166. The van der Waals surface area contributed by atoms with Crippen molar-refractivity contribution in [3.63, 3.8) is 0 Å². The first kappa shape index (κ1) is 19.2. The van der Waals surface area contributed by atoms with E-state index in [0.717, 1.165) is 28.0 Å². The maximum Gasteiger partial charge on any atom is 0.223 e. The zero-order valence-electron chi connectivity index (χ0n) is 14.6. The Morgan fingerprint density at radius 1 is 1.00 bits per heavy atom. The highest BCUT2D eigenvalue weighted by Gasteiger charge is 2.10. The number of benzene rings is 2. The lowest BCUT2D eigenvalue weighted by Crippen LogP contribution is -2.02. The van der Waals surface area contributed by atoms with Gasteiger partial charge in [-0.05, 0) is 66.3 Å². The molecule has 25 heavy (non-hydrogen) atoms. The molecule has 4 heteroatoms. The lowest BCUT2D eigenvalue weighted by molar-refractivity contribution is 1.42. The third kappa shape index (κ3) is 5.15. The molecule has 2 aromatic carbocycles. The van der Waals surface area contributed by atoms with Gasteiger partial charge in [0.25, 0.3) is 0 Å². The predicted octanol–water partition coefficient (Wildman–Crippen LogP) is 6.83. The van der Waals surface area contributed by atoms with Gasteiger partial charge in [0.1, 0.15) is 5.16 Å². The van der Waals surface area contributed by atoms with Crippen molar-refractivity contribution in [2.24, 2.45) is 9.98 Å². The fourth-order valence-corrected chi connectivity index (χ4v) is 2.96. The zero-order chi connectivity index (χ0) is 18.4. The fraction of sp³-hybridized carbons (Fsp3) is 0.143. The van der Waals surface area contributed by atoms with E-state index in [1.165, 1.54) is 5.56 Å². The molecular weight excluding hydrogens is 351 g/mol. The van der Waals surface area contributed by atoms with E-state index in [2.05, 4.69) is 53.8 Å². The van der Waals surface area contributed by atoms with Gasteiger partial charge in [-0.3, -0.25) is 0 Å². The van der Waals surface area contributed by atoms with Crippen molar-refractivity contribution in [3.8, 4) is 11.1 Å². The first-order chi connectivity index (χ1) is 11.9. The second-order valence-corrected chi connectivity index (χ2v) is 6.33. The number of amidine groups is 1. The van der Waals surface area contributed by atoms with Crippen LogP contribution in [0.25, 0.3) is 16.7 Å². The Morgan fingerprint density at radius 3 is 2.28 bits per heavy atom. The Balaban J connectivity index is 2.48. The van der Waals surface area contributed by atoms with Gasteiger partial charge in [0.15, 0.2) is 0 Å². The molecule has 0 heterocycles. The molecular formula is C21H20Cl2N2. The molecule has 2 rings (SSSR count). The molecule has 2 nitrogen and oxygen atoms in total. The van der Waals surface area contributed by atoms with Gasteiger partial charge >= 0.3 is 0 Å². The van der Waals surface area contributed by atoms with E-state index < -0.39 is 0 Å². The maximum atomic E-state index is 6.02. The van der Waals surface area contributed by atoms with Crippen molar-refractivity contribution in [3.05, 3.63) is 77.5 Å². The molecule has 0 N–H and O–H groups in total. The Morgan fingerprint density at radius 2 is 1.68 bits per heavy atom. The fourth-order valence-electron chi connectivity index (χ4n) is 2.61. The van der Waals surface area contributed by atoms with Gasteiger partial charge < -0.3 is 0 Å². The smallest absolute Gasteiger partial charge is 0.223 e. The summed E-state index contributed by atoms with van der Waals surface area (Å²) in [4.78, 5) is 8.18. The molecule has 0 unspecified atom stereocenters. The summed E-state index contributed by atoms with van der Waals surface area (Å²) in [5.74, 6) is 0. The quantitative estimate of drug-likeness (QED) is 0.320. The van der Waals surface area contributed by atoms with Crippen molar-refractivity contribution in [2.45, 2.75) is 20.8 Å². The molecule has 0 atom stereocenters. The Hall–Kier alpha value is -2.16. The monoisotopic (exact) mass is 370 g/mol. The van der Waals surface area contributed by atoms with Crippen LogP contribution in [0.5, 0.6) is 0 Å². The third-order valence-electron chi connectivity index (χ3n) is 3.79. The first-order valence-corrected chi connectivity index (χ1v) is 8.65. The van der Waals surface area contributed by atoms with Crippen LogP contribution in [0.4, 0.5) is 0 Å². The summed E-state index contributed by atoms with van der Waals surface area (Å²) in [6.07, 6.45) is 2.02. The largest absolute Gasteiger partial charge is 0.223 e. The van der Waals surface area contributed by atoms with Crippen LogP contribution >= 0.6 is 23.2 Å². The van der Waals surface area contributed by atoms with Crippen LogP contribution in [0, 0.1) is 6.92 Å². The van der Waals surface area contributed by atoms with Crippen molar-refractivity contribution in [1.82, 2.24) is 0 Å². The minimum Gasteiger partial charge on any atom is -0.223 e. The van der Waals surface area contributed by atoms with Gasteiger partial charge in [0.05, 0.1) is 0 Å². The zero-order valence-corrected chi connectivity index (χ0v) is 16.1. The highest BCUT2D eigenvalue weighted by Crippen LogP contribution is 2.27. The standard InChI is InChI=1S/C21H20Cl2N2/c1-5-19(15(3)24-21(23)25-16(4)22)20-13-18(12-11-14(20)2)17-9-7-6-8-10-17/h5-13H,4H2,1-3H3/b19-5-,24-15+,25-21-. The van der Waals surface area contributed by atoms with Gasteiger partial charge in [-0.1, -0.05) is 66.7 Å². The molecule has 0 radical (unpaired) electrons. The molecule has 0 spiro atoms. The summed E-state index contributed by atoms with van der Waals surface area (Å²) in [6.45, 7) is 9.46. The highest BCUT2D eigenvalue weighted by atomic mass is 35.5. The Bertz CT molecular complexity index is 863. The van der Waals surface area contributed by atoms with E-state index in [-0.39, 0.29) is 10.5 Å². The van der Waals surface area contributed by atoms with Crippen LogP contribution in [0.15, 0.2) is 76.3 Å². The minimum absolute atomic E-state index is 0.0636. The van der Waals surface area contributed by atoms with E-state index in [9.17, 15) is 0 Å². The summed E-state index contributed by atoms with van der Waals surface area (Å²) in [5.41, 5.74) is 6.37. The van der Waals surface area contributed by atoms with E-state index in [4.69, 9.17) is 23.2 Å². The average molecular weight is 371 g/mol. The van der Waals surface area contributed by atoms with Crippen LogP contribution < -0.4 is 0 Å². The molecule has 0 aliphatic carbocycles. The van der Waals surface area contributed by atoms with E-state index >= 15 is 0 Å². The maximum absolute atomic E-state index is 6.02.